The van der Waals surface area contributed by atoms with Gasteiger partial charge in [0.1, 0.15) is 0 Å². The van der Waals surface area contributed by atoms with Crippen LogP contribution in [0.2, 0.25) is 0 Å². The highest BCUT2D eigenvalue weighted by Crippen LogP contribution is 2.34. The Labute approximate surface area is 110 Å². The summed E-state index contributed by atoms with van der Waals surface area (Å²) in [7, 11) is 2.16. The van der Waals surface area contributed by atoms with Crippen LogP contribution < -0.4 is 5.73 Å². The molecule has 0 unspecified atom stereocenters. The number of hydrogen-bond donors (Lipinski definition) is 1. The van der Waals surface area contributed by atoms with E-state index in [-0.39, 0.29) is 5.41 Å². The molecule has 2 N–H and O–H groups in total. The van der Waals surface area contributed by atoms with Crippen molar-refractivity contribution in [3.05, 3.63) is 35.4 Å². The van der Waals surface area contributed by atoms with Crippen molar-refractivity contribution in [3.8, 4) is 0 Å². The van der Waals surface area contributed by atoms with Gasteiger partial charge in [0.05, 0.1) is 0 Å². The topological polar surface area (TPSA) is 29.3 Å². The van der Waals surface area contributed by atoms with Gasteiger partial charge in [-0.15, -0.1) is 0 Å². The summed E-state index contributed by atoms with van der Waals surface area (Å²) in [4.78, 5) is 2.34. The molecule has 1 aliphatic heterocycles. The Kier molecular flexibility index (Phi) is 3.49. The van der Waals surface area contributed by atoms with Crippen LogP contribution in [-0.2, 0) is 5.41 Å². The molecule has 1 aliphatic rings. The molecule has 0 aromatic heterocycles. The molecule has 0 bridgehead atoms. The highest BCUT2D eigenvalue weighted by Gasteiger charge is 2.21. The normalized spacial score (nSPS) is 17.7. The van der Waals surface area contributed by atoms with Crippen molar-refractivity contribution in [2.75, 3.05) is 25.9 Å². The van der Waals surface area contributed by atoms with E-state index in [1.54, 1.807) is 0 Å². The highest BCUT2D eigenvalue weighted by atomic mass is 15.1. The molecule has 1 heterocycles. The zero-order chi connectivity index (χ0) is 13.3. The second-order valence-electron chi connectivity index (χ2n) is 6.30. The molecule has 18 heavy (non-hydrogen) atoms. The van der Waals surface area contributed by atoms with E-state index in [0.717, 1.165) is 25.2 Å². The van der Waals surface area contributed by atoms with Crippen molar-refractivity contribution in [3.63, 3.8) is 0 Å². The fourth-order valence-electron chi connectivity index (χ4n) is 2.50. The molecule has 0 fully saturated rings. The maximum atomic E-state index is 5.97. The number of anilines is 1. The predicted molar refractivity (Wildman–Crippen MR) is 79.6 cm³/mol. The fraction of sp³-hybridized carbons (Fsp3) is 0.500. The van der Waals surface area contributed by atoms with Gasteiger partial charge < -0.3 is 10.6 Å². The van der Waals surface area contributed by atoms with E-state index in [1.165, 1.54) is 16.7 Å². The van der Waals surface area contributed by atoms with Gasteiger partial charge >= 0.3 is 0 Å². The second-order valence-corrected chi connectivity index (χ2v) is 6.30. The van der Waals surface area contributed by atoms with E-state index in [9.17, 15) is 0 Å². The van der Waals surface area contributed by atoms with Crippen LogP contribution in [0, 0.1) is 0 Å². The molecule has 0 spiro atoms. The Morgan fingerprint density at radius 3 is 2.50 bits per heavy atom. The molecule has 0 amide bonds. The van der Waals surface area contributed by atoms with Crippen LogP contribution in [-0.4, -0.2) is 25.0 Å². The maximum Gasteiger partial charge on any atom is 0.0320 e. The Balaban J connectivity index is 2.46. The number of nitrogens with two attached hydrogens (primary N) is 1. The lowest BCUT2D eigenvalue weighted by Crippen LogP contribution is -2.24. The highest BCUT2D eigenvalue weighted by molar-refractivity contribution is 5.72. The lowest BCUT2D eigenvalue weighted by Gasteiger charge is -2.28. The third-order valence-electron chi connectivity index (χ3n) is 3.61. The van der Waals surface area contributed by atoms with E-state index >= 15 is 0 Å². The van der Waals surface area contributed by atoms with Gasteiger partial charge in [-0.3, -0.25) is 0 Å². The summed E-state index contributed by atoms with van der Waals surface area (Å²) in [6, 6.07) is 6.33. The first kappa shape index (κ1) is 13.2. The summed E-state index contributed by atoms with van der Waals surface area (Å²) < 4.78 is 0. The van der Waals surface area contributed by atoms with Gasteiger partial charge in [-0.2, -0.15) is 0 Å². The molecular weight excluding hydrogens is 220 g/mol. The minimum Gasteiger partial charge on any atom is -0.399 e. The van der Waals surface area contributed by atoms with Gasteiger partial charge in [0.15, 0.2) is 0 Å². The first-order valence-electron chi connectivity index (χ1n) is 6.66. The van der Waals surface area contributed by atoms with Crippen molar-refractivity contribution in [2.45, 2.75) is 32.6 Å². The first-order chi connectivity index (χ1) is 8.38. The summed E-state index contributed by atoms with van der Waals surface area (Å²) in [6.07, 6.45) is 3.45. The Morgan fingerprint density at radius 1 is 1.22 bits per heavy atom. The molecule has 2 rings (SSSR count). The summed E-state index contributed by atoms with van der Waals surface area (Å²) in [5, 5.41) is 0. The molecule has 1 aromatic carbocycles. The van der Waals surface area contributed by atoms with Crippen molar-refractivity contribution < 1.29 is 0 Å². The van der Waals surface area contributed by atoms with Crippen LogP contribution >= 0.6 is 0 Å². The zero-order valence-corrected chi connectivity index (χ0v) is 12.0. The summed E-state index contributed by atoms with van der Waals surface area (Å²) in [5.74, 6) is 0. The number of hydrogen-bond acceptors (Lipinski definition) is 2. The van der Waals surface area contributed by atoms with E-state index < -0.39 is 0 Å². The summed E-state index contributed by atoms with van der Waals surface area (Å²) in [6.45, 7) is 8.95. The fourth-order valence-corrected chi connectivity index (χ4v) is 2.50. The molecule has 0 radical (unpaired) electrons. The van der Waals surface area contributed by atoms with Gasteiger partial charge in [0.2, 0.25) is 0 Å². The van der Waals surface area contributed by atoms with Gasteiger partial charge in [-0.05, 0) is 47.7 Å². The number of rotatable bonds is 1. The molecule has 0 aliphatic carbocycles. The Hall–Kier alpha value is -1.28. The van der Waals surface area contributed by atoms with E-state index in [1.807, 2.05) is 6.07 Å². The van der Waals surface area contributed by atoms with Crippen LogP contribution in [0.25, 0.3) is 5.57 Å². The lowest BCUT2D eigenvalue weighted by atomic mass is 9.80. The molecule has 2 nitrogen and oxygen atoms in total. The SMILES string of the molecule is CN1CC=C(c2cc(N)ccc2C(C)(C)C)CC1. The number of benzene rings is 1. The summed E-state index contributed by atoms with van der Waals surface area (Å²) in [5.41, 5.74) is 11.2. The van der Waals surface area contributed by atoms with Crippen molar-refractivity contribution in [2.24, 2.45) is 0 Å². The van der Waals surface area contributed by atoms with Crippen molar-refractivity contribution >= 4 is 11.3 Å². The van der Waals surface area contributed by atoms with Crippen LogP contribution in [0.5, 0.6) is 0 Å². The predicted octanol–water partition coefficient (Wildman–Crippen LogP) is 3.29. The summed E-state index contributed by atoms with van der Waals surface area (Å²) >= 11 is 0. The van der Waals surface area contributed by atoms with Gasteiger partial charge in [0, 0.05) is 18.8 Å². The minimum absolute atomic E-state index is 0.160. The van der Waals surface area contributed by atoms with E-state index in [0.29, 0.717) is 0 Å². The average molecular weight is 244 g/mol. The Bertz CT molecular complexity index is 466. The van der Waals surface area contributed by atoms with Crippen molar-refractivity contribution in [1.82, 2.24) is 4.90 Å². The van der Waals surface area contributed by atoms with Gasteiger partial charge in [0.25, 0.3) is 0 Å². The molecule has 0 atom stereocenters. The third kappa shape index (κ3) is 2.75. The molecule has 1 aromatic rings. The monoisotopic (exact) mass is 244 g/mol. The Morgan fingerprint density at radius 2 is 1.94 bits per heavy atom. The van der Waals surface area contributed by atoms with Crippen LogP contribution in [0.15, 0.2) is 24.3 Å². The minimum atomic E-state index is 0.160. The standard InChI is InChI=1S/C16H24N2/c1-16(2,3)15-6-5-13(17)11-14(15)12-7-9-18(4)10-8-12/h5-7,11H,8-10,17H2,1-4H3. The molecule has 0 saturated carbocycles. The van der Waals surface area contributed by atoms with Crippen LogP contribution in [0.4, 0.5) is 5.69 Å². The van der Waals surface area contributed by atoms with Crippen LogP contribution in [0.3, 0.4) is 0 Å². The van der Waals surface area contributed by atoms with Gasteiger partial charge in [-0.25, -0.2) is 0 Å². The second kappa shape index (κ2) is 4.77. The van der Waals surface area contributed by atoms with E-state index in [2.05, 4.69) is 50.9 Å². The van der Waals surface area contributed by atoms with E-state index in [4.69, 9.17) is 5.73 Å². The first-order valence-corrected chi connectivity index (χ1v) is 6.66. The molecule has 0 saturated heterocycles. The zero-order valence-electron chi connectivity index (χ0n) is 12.0. The van der Waals surface area contributed by atoms with Crippen LogP contribution in [0.1, 0.15) is 38.3 Å². The molecule has 2 heteroatoms. The maximum absolute atomic E-state index is 5.97. The molecule has 98 valence electrons. The number of nitrogens with zero attached hydrogens (tertiary/aromatic N) is 1. The quantitative estimate of drug-likeness (QED) is 0.768. The molecular formula is C16H24N2. The number of likely N-dealkylation sites (N-methyl/N-ethyl adjacent to an activating group) is 1. The third-order valence-corrected chi connectivity index (χ3v) is 3.61. The van der Waals surface area contributed by atoms with Gasteiger partial charge in [-0.1, -0.05) is 32.9 Å². The average Bonchev–Trinajstić information content (AvgIpc) is 2.28. The lowest BCUT2D eigenvalue weighted by molar-refractivity contribution is 0.370. The smallest absolute Gasteiger partial charge is 0.0320 e. The largest absolute Gasteiger partial charge is 0.399 e. The van der Waals surface area contributed by atoms with Crippen molar-refractivity contribution in [1.29, 1.82) is 0 Å². The number of nitrogen functional groups attached to an aromatic ring is 1.